The average Bonchev–Trinajstić information content (AvgIpc) is 3.11. The molecule has 30 heavy (non-hydrogen) atoms. The number of nitro groups is 1. The monoisotopic (exact) mass is 408 g/mol. The standard InChI is InChI=1S/C21H20N4O5/c1-29-18-8-2-15(3-9-18)14-19-20(23-10-12-30-13-11-23)22-24(21(19)26)16-4-6-17(7-5-16)25(27)28/h2-9,14H,10-13H2,1H3/b19-14-. The molecule has 154 valence electrons. The van der Waals surface area contributed by atoms with E-state index in [1.165, 1.54) is 29.3 Å². The van der Waals surface area contributed by atoms with E-state index >= 15 is 0 Å². The molecule has 0 unspecified atom stereocenters. The number of morpholine rings is 1. The van der Waals surface area contributed by atoms with Gasteiger partial charge in [0.15, 0.2) is 5.84 Å². The topological polar surface area (TPSA) is 97.5 Å². The van der Waals surface area contributed by atoms with Gasteiger partial charge in [0.2, 0.25) is 0 Å². The summed E-state index contributed by atoms with van der Waals surface area (Å²) in [6.45, 7) is 2.36. The van der Waals surface area contributed by atoms with Gasteiger partial charge in [0, 0.05) is 25.2 Å². The molecule has 0 N–H and O–H groups in total. The molecule has 4 rings (SSSR count). The van der Waals surface area contributed by atoms with Gasteiger partial charge in [0.25, 0.3) is 11.6 Å². The zero-order valence-electron chi connectivity index (χ0n) is 16.4. The highest BCUT2D eigenvalue weighted by atomic mass is 16.6. The molecule has 9 heteroatoms. The summed E-state index contributed by atoms with van der Waals surface area (Å²) in [5.74, 6) is 1.00. The van der Waals surface area contributed by atoms with Crippen molar-refractivity contribution in [3.63, 3.8) is 0 Å². The van der Waals surface area contributed by atoms with Gasteiger partial charge in [-0.05, 0) is 35.9 Å². The van der Waals surface area contributed by atoms with Crippen molar-refractivity contribution in [3.8, 4) is 5.75 Å². The van der Waals surface area contributed by atoms with Crippen molar-refractivity contribution in [3.05, 3.63) is 69.8 Å². The minimum atomic E-state index is -0.479. The predicted octanol–water partition coefficient (Wildman–Crippen LogP) is 2.68. The van der Waals surface area contributed by atoms with Crippen molar-refractivity contribution < 1.29 is 19.2 Å². The number of carbonyl (C=O) groups is 1. The lowest BCUT2D eigenvalue weighted by molar-refractivity contribution is -0.384. The molecule has 2 aromatic rings. The Morgan fingerprint density at radius 2 is 1.77 bits per heavy atom. The van der Waals surface area contributed by atoms with E-state index in [2.05, 4.69) is 5.10 Å². The largest absolute Gasteiger partial charge is 0.497 e. The normalized spacial score (nSPS) is 18.0. The number of hydrazone groups is 1. The van der Waals surface area contributed by atoms with Gasteiger partial charge >= 0.3 is 0 Å². The Morgan fingerprint density at radius 3 is 2.37 bits per heavy atom. The molecule has 0 spiro atoms. The van der Waals surface area contributed by atoms with Crippen molar-refractivity contribution in [2.24, 2.45) is 5.10 Å². The molecule has 2 aliphatic rings. The summed E-state index contributed by atoms with van der Waals surface area (Å²) in [4.78, 5) is 25.7. The lowest BCUT2D eigenvalue weighted by Gasteiger charge is -2.28. The molecular weight excluding hydrogens is 388 g/mol. The molecule has 1 saturated heterocycles. The Balaban J connectivity index is 1.70. The van der Waals surface area contributed by atoms with Crippen LogP contribution in [-0.2, 0) is 9.53 Å². The molecule has 9 nitrogen and oxygen atoms in total. The Kier molecular flexibility index (Phi) is 5.44. The third kappa shape index (κ3) is 3.87. The van der Waals surface area contributed by atoms with Crippen LogP contribution in [0.1, 0.15) is 5.56 Å². The number of hydrogen-bond donors (Lipinski definition) is 0. The highest BCUT2D eigenvalue weighted by molar-refractivity contribution is 6.32. The fourth-order valence-corrected chi connectivity index (χ4v) is 3.30. The number of rotatable bonds is 4. The van der Waals surface area contributed by atoms with Crippen molar-refractivity contribution in [1.29, 1.82) is 0 Å². The van der Waals surface area contributed by atoms with E-state index in [0.29, 0.717) is 43.4 Å². The molecule has 0 aliphatic carbocycles. The Hall–Kier alpha value is -3.72. The van der Waals surface area contributed by atoms with Gasteiger partial charge in [0.1, 0.15) is 5.75 Å². The Labute approximate surface area is 172 Å². The lowest BCUT2D eigenvalue weighted by atomic mass is 10.1. The number of methoxy groups -OCH3 is 1. The van der Waals surface area contributed by atoms with Gasteiger partial charge in [-0.15, -0.1) is 5.10 Å². The smallest absolute Gasteiger partial charge is 0.282 e. The van der Waals surface area contributed by atoms with Crippen LogP contribution < -0.4 is 9.75 Å². The number of carbonyl (C=O) groups excluding carboxylic acids is 1. The van der Waals surface area contributed by atoms with E-state index in [1.54, 1.807) is 13.2 Å². The van der Waals surface area contributed by atoms with E-state index in [-0.39, 0.29) is 11.6 Å². The van der Waals surface area contributed by atoms with Crippen LogP contribution in [0.4, 0.5) is 11.4 Å². The van der Waals surface area contributed by atoms with Gasteiger partial charge < -0.3 is 14.4 Å². The first-order valence-electron chi connectivity index (χ1n) is 9.43. The summed E-state index contributed by atoms with van der Waals surface area (Å²) in [6.07, 6.45) is 1.79. The number of amidine groups is 1. The molecular formula is C21H20N4O5. The molecule has 2 aliphatic heterocycles. The molecule has 1 fully saturated rings. The number of nitrogens with zero attached hydrogens (tertiary/aromatic N) is 4. The third-order valence-corrected chi connectivity index (χ3v) is 4.90. The highest BCUT2D eigenvalue weighted by Gasteiger charge is 2.35. The second-order valence-electron chi connectivity index (χ2n) is 6.74. The van der Waals surface area contributed by atoms with Gasteiger partial charge in [-0.1, -0.05) is 12.1 Å². The zero-order chi connectivity index (χ0) is 21.1. The van der Waals surface area contributed by atoms with Crippen LogP contribution >= 0.6 is 0 Å². The number of hydrogen-bond acceptors (Lipinski definition) is 7. The fourth-order valence-electron chi connectivity index (χ4n) is 3.30. The zero-order valence-corrected chi connectivity index (χ0v) is 16.4. The molecule has 0 aromatic heterocycles. The Morgan fingerprint density at radius 1 is 1.10 bits per heavy atom. The third-order valence-electron chi connectivity index (χ3n) is 4.90. The van der Waals surface area contributed by atoms with E-state index in [1.807, 2.05) is 29.2 Å². The number of benzene rings is 2. The van der Waals surface area contributed by atoms with E-state index in [9.17, 15) is 14.9 Å². The van der Waals surface area contributed by atoms with Crippen LogP contribution in [-0.4, -0.2) is 55.0 Å². The quantitative estimate of drug-likeness (QED) is 0.438. The molecule has 2 heterocycles. The number of anilines is 1. The molecule has 2 aromatic carbocycles. The average molecular weight is 408 g/mol. The van der Waals surface area contributed by atoms with Crippen LogP contribution in [0, 0.1) is 10.1 Å². The molecule has 0 saturated carbocycles. The molecule has 1 amide bonds. The van der Waals surface area contributed by atoms with Crippen molar-refractivity contribution >= 4 is 29.2 Å². The minimum absolute atomic E-state index is 0.0447. The van der Waals surface area contributed by atoms with Crippen LogP contribution in [0.15, 0.2) is 59.2 Å². The SMILES string of the molecule is COc1ccc(/C=C2\C(=O)N(c3ccc([N+](=O)[O-])cc3)N=C2N2CCOCC2)cc1. The number of non-ortho nitro benzene ring substituents is 1. The number of nitro benzene ring substituents is 1. The summed E-state index contributed by atoms with van der Waals surface area (Å²) in [7, 11) is 1.60. The summed E-state index contributed by atoms with van der Waals surface area (Å²) in [6, 6.07) is 13.1. The van der Waals surface area contributed by atoms with Crippen LogP contribution in [0.25, 0.3) is 6.08 Å². The predicted molar refractivity (Wildman–Crippen MR) is 111 cm³/mol. The maximum Gasteiger partial charge on any atom is 0.282 e. The second kappa shape index (κ2) is 8.34. The van der Waals surface area contributed by atoms with Gasteiger partial charge in [-0.2, -0.15) is 5.01 Å². The summed E-state index contributed by atoms with van der Waals surface area (Å²) in [5.41, 5.74) is 1.72. The number of amides is 1. The Bertz CT molecular complexity index is 1010. The summed E-state index contributed by atoms with van der Waals surface area (Å²) in [5, 5.41) is 16.8. The van der Waals surface area contributed by atoms with Gasteiger partial charge in [-0.25, -0.2) is 0 Å². The maximum absolute atomic E-state index is 13.2. The second-order valence-corrected chi connectivity index (χ2v) is 6.74. The van der Waals surface area contributed by atoms with Gasteiger partial charge in [-0.3, -0.25) is 14.9 Å². The van der Waals surface area contributed by atoms with Crippen LogP contribution in [0.5, 0.6) is 5.75 Å². The summed E-state index contributed by atoms with van der Waals surface area (Å²) < 4.78 is 10.6. The van der Waals surface area contributed by atoms with E-state index < -0.39 is 4.92 Å². The maximum atomic E-state index is 13.2. The minimum Gasteiger partial charge on any atom is -0.497 e. The van der Waals surface area contributed by atoms with Crippen molar-refractivity contribution in [2.45, 2.75) is 0 Å². The highest BCUT2D eigenvalue weighted by Crippen LogP contribution is 2.28. The first kappa shape index (κ1) is 19.6. The fraction of sp³-hybridized carbons (Fsp3) is 0.238. The molecule has 0 radical (unpaired) electrons. The molecule has 0 atom stereocenters. The van der Waals surface area contributed by atoms with Crippen molar-refractivity contribution in [1.82, 2.24) is 4.90 Å². The number of ether oxygens (including phenoxy) is 2. The van der Waals surface area contributed by atoms with Crippen molar-refractivity contribution in [2.75, 3.05) is 38.4 Å². The van der Waals surface area contributed by atoms with E-state index in [4.69, 9.17) is 9.47 Å². The molecule has 0 bridgehead atoms. The van der Waals surface area contributed by atoms with Crippen LogP contribution in [0.2, 0.25) is 0 Å². The van der Waals surface area contributed by atoms with E-state index in [0.717, 1.165) is 11.3 Å². The first-order valence-corrected chi connectivity index (χ1v) is 9.43. The first-order chi connectivity index (χ1) is 14.6. The van der Waals surface area contributed by atoms with Crippen LogP contribution in [0.3, 0.4) is 0 Å². The van der Waals surface area contributed by atoms with Gasteiger partial charge in [0.05, 0.1) is 36.5 Å². The summed E-state index contributed by atoms with van der Waals surface area (Å²) >= 11 is 0. The lowest BCUT2D eigenvalue weighted by Crippen LogP contribution is -2.41.